The maximum atomic E-state index is 12.2. The van der Waals surface area contributed by atoms with E-state index in [2.05, 4.69) is 32.6 Å². The zero-order valence-corrected chi connectivity index (χ0v) is 13.2. The monoisotopic (exact) mass is 265 g/mol. The van der Waals surface area contributed by atoms with Crippen LogP contribution in [0.4, 0.5) is 0 Å². The van der Waals surface area contributed by atoms with Gasteiger partial charge in [-0.1, -0.05) is 27.7 Å². The number of hydrogen-bond acceptors (Lipinski definition) is 2. The summed E-state index contributed by atoms with van der Waals surface area (Å²) in [4.78, 5) is 14.8. The Morgan fingerprint density at radius 2 is 2.00 bits per heavy atom. The van der Waals surface area contributed by atoms with Crippen LogP contribution in [0.15, 0.2) is 0 Å². The standard InChI is InChI=1S/C17H31NO/c1-13(2)8-10-18(15-5-6-15)12-14-11-17(3,4)9-7-16(14)19/h13-15H,5-12H2,1-4H3. The van der Waals surface area contributed by atoms with Crippen molar-refractivity contribution >= 4 is 5.78 Å². The number of Topliss-reactive ketones (excluding diaryl/α,β-unsaturated/α-hetero) is 1. The second kappa shape index (κ2) is 5.95. The van der Waals surface area contributed by atoms with Gasteiger partial charge in [-0.3, -0.25) is 9.69 Å². The SMILES string of the molecule is CC(C)CCN(CC1CC(C)(C)CCC1=O)C1CC1. The molecule has 1 unspecified atom stereocenters. The lowest BCUT2D eigenvalue weighted by atomic mass is 9.71. The molecule has 2 rings (SSSR count). The first-order valence-electron chi connectivity index (χ1n) is 8.14. The van der Waals surface area contributed by atoms with Crippen LogP contribution < -0.4 is 0 Å². The van der Waals surface area contributed by atoms with Crippen molar-refractivity contribution in [2.75, 3.05) is 13.1 Å². The zero-order valence-electron chi connectivity index (χ0n) is 13.2. The Morgan fingerprint density at radius 3 is 2.58 bits per heavy atom. The maximum Gasteiger partial charge on any atom is 0.137 e. The number of ketones is 1. The van der Waals surface area contributed by atoms with Gasteiger partial charge < -0.3 is 0 Å². The molecule has 1 atom stereocenters. The van der Waals surface area contributed by atoms with Gasteiger partial charge in [-0.15, -0.1) is 0 Å². The van der Waals surface area contributed by atoms with Crippen molar-refractivity contribution in [3.05, 3.63) is 0 Å². The van der Waals surface area contributed by atoms with Crippen molar-refractivity contribution in [3.8, 4) is 0 Å². The second-order valence-electron chi connectivity index (χ2n) is 7.94. The van der Waals surface area contributed by atoms with Crippen LogP contribution >= 0.6 is 0 Å². The molecule has 0 aromatic heterocycles. The van der Waals surface area contributed by atoms with Gasteiger partial charge in [0, 0.05) is 24.9 Å². The Hall–Kier alpha value is -0.370. The van der Waals surface area contributed by atoms with Crippen molar-refractivity contribution in [1.82, 2.24) is 4.90 Å². The van der Waals surface area contributed by atoms with Gasteiger partial charge in [0.25, 0.3) is 0 Å². The number of carbonyl (C=O) groups is 1. The molecular formula is C17H31NO. The molecule has 0 aromatic rings. The van der Waals surface area contributed by atoms with Crippen LogP contribution in [0.25, 0.3) is 0 Å². The van der Waals surface area contributed by atoms with E-state index in [9.17, 15) is 4.79 Å². The summed E-state index contributed by atoms with van der Waals surface area (Å²) in [6, 6.07) is 0.789. The molecule has 2 nitrogen and oxygen atoms in total. The van der Waals surface area contributed by atoms with E-state index >= 15 is 0 Å². The van der Waals surface area contributed by atoms with E-state index in [-0.39, 0.29) is 0 Å². The maximum absolute atomic E-state index is 12.2. The van der Waals surface area contributed by atoms with Crippen LogP contribution in [0.1, 0.15) is 66.2 Å². The van der Waals surface area contributed by atoms with Crippen LogP contribution in [0.3, 0.4) is 0 Å². The molecule has 0 aliphatic heterocycles. The van der Waals surface area contributed by atoms with Crippen molar-refractivity contribution in [1.29, 1.82) is 0 Å². The van der Waals surface area contributed by atoms with Crippen molar-refractivity contribution in [2.45, 2.75) is 72.3 Å². The number of hydrogen-bond donors (Lipinski definition) is 0. The van der Waals surface area contributed by atoms with E-state index in [0.29, 0.717) is 17.1 Å². The normalized spacial score (nSPS) is 27.3. The lowest BCUT2D eigenvalue weighted by molar-refractivity contribution is -0.127. The molecule has 0 aromatic carbocycles. The van der Waals surface area contributed by atoms with E-state index in [1.165, 1.54) is 25.8 Å². The Labute approximate surface area is 118 Å². The van der Waals surface area contributed by atoms with E-state index in [0.717, 1.165) is 37.8 Å². The topological polar surface area (TPSA) is 20.3 Å². The average molecular weight is 265 g/mol. The van der Waals surface area contributed by atoms with Gasteiger partial charge in [0.15, 0.2) is 0 Å². The minimum absolute atomic E-state index is 0.302. The van der Waals surface area contributed by atoms with Gasteiger partial charge in [-0.05, 0) is 50.0 Å². The van der Waals surface area contributed by atoms with Crippen LogP contribution in [0.2, 0.25) is 0 Å². The van der Waals surface area contributed by atoms with Crippen LogP contribution in [0, 0.1) is 17.3 Å². The smallest absolute Gasteiger partial charge is 0.137 e. The Kier molecular flexibility index (Phi) is 4.70. The Morgan fingerprint density at radius 1 is 1.32 bits per heavy atom. The van der Waals surface area contributed by atoms with Gasteiger partial charge in [0.05, 0.1) is 0 Å². The fourth-order valence-electron chi connectivity index (χ4n) is 3.28. The average Bonchev–Trinajstić information content (AvgIpc) is 3.12. The number of nitrogens with zero attached hydrogens (tertiary/aromatic N) is 1. The van der Waals surface area contributed by atoms with E-state index in [4.69, 9.17) is 0 Å². The molecule has 2 fully saturated rings. The van der Waals surface area contributed by atoms with Gasteiger partial charge in [-0.25, -0.2) is 0 Å². The van der Waals surface area contributed by atoms with Gasteiger partial charge in [0.1, 0.15) is 5.78 Å². The highest BCUT2D eigenvalue weighted by Gasteiger charge is 2.37. The third kappa shape index (κ3) is 4.59. The van der Waals surface area contributed by atoms with Crippen molar-refractivity contribution < 1.29 is 4.79 Å². The minimum Gasteiger partial charge on any atom is -0.300 e. The summed E-state index contributed by atoms with van der Waals surface area (Å²) >= 11 is 0. The summed E-state index contributed by atoms with van der Waals surface area (Å²) in [6.45, 7) is 11.4. The van der Waals surface area contributed by atoms with Gasteiger partial charge in [0.2, 0.25) is 0 Å². The fourth-order valence-corrected chi connectivity index (χ4v) is 3.28. The summed E-state index contributed by atoms with van der Waals surface area (Å²) < 4.78 is 0. The highest BCUT2D eigenvalue weighted by Crippen LogP contribution is 2.38. The quantitative estimate of drug-likeness (QED) is 0.726. The summed E-state index contributed by atoms with van der Waals surface area (Å²) in [6.07, 6.45) is 6.94. The Balaban J connectivity index is 1.90. The van der Waals surface area contributed by atoms with E-state index in [1.54, 1.807) is 0 Å². The molecular weight excluding hydrogens is 234 g/mol. The lowest BCUT2D eigenvalue weighted by Gasteiger charge is -2.37. The molecule has 0 N–H and O–H groups in total. The molecule has 2 aliphatic rings. The van der Waals surface area contributed by atoms with Crippen molar-refractivity contribution in [2.24, 2.45) is 17.3 Å². The second-order valence-corrected chi connectivity index (χ2v) is 7.94. The summed E-state index contributed by atoms with van der Waals surface area (Å²) in [5, 5.41) is 0. The Bertz CT molecular complexity index is 317. The predicted molar refractivity (Wildman–Crippen MR) is 80.2 cm³/mol. The van der Waals surface area contributed by atoms with Crippen LogP contribution in [-0.2, 0) is 4.79 Å². The molecule has 2 aliphatic carbocycles. The first-order chi connectivity index (χ1) is 8.87. The molecule has 0 amide bonds. The minimum atomic E-state index is 0.302. The lowest BCUT2D eigenvalue weighted by Crippen LogP contribution is -2.40. The van der Waals surface area contributed by atoms with E-state index < -0.39 is 0 Å². The summed E-state index contributed by atoms with van der Waals surface area (Å²) in [5.74, 6) is 1.59. The molecule has 0 spiro atoms. The van der Waals surface area contributed by atoms with Gasteiger partial charge >= 0.3 is 0 Å². The fraction of sp³-hybridized carbons (Fsp3) is 0.941. The van der Waals surface area contributed by atoms with E-state index in [1.807, 2.05) is 0 Å². The molecule has 0 bridgehead atoms. The van der Waals surface area contributed by atoms with Crippen molar-refractivity contribution in [3.63, 3.8) is 0 Å². The predicted octanol–water partition coefficient (Wildman–Crippen LogP) is 3.89. The third-order valence-corrected chi connectivity index (χ3v) is 4.81. The first-order valence-corrected chi connectivity index (χ1v) is 8.14. The largest absolute Gasteiger partial charge is 0.300 e. The third-order valence-electron chi connectivity index (χ3n) is 4.81. The van der Waals surface area contributed by atoms with Crippen LogP contribution in [0.5, 0.6) is 0 Å². The molecule has 0 heterocycles. The number of carbonyl (C=O) groups excluding carboxylic acids is 1. The van der Waals surface area contributed by atoms with Gasteiger partial charge in [-0.2, -0.15) is 0 Å². The summed E-state index contributed by atoms with van der Waals surface area (Å²) in [7, 11) is 0. The molecule has 19 heavy (non-hydrogen) atoms. The first kappa shape index (κ1) is 15.0. The highest BCUT2D eigenvalue weighted by atomic mass is 16.1. The highest BCUT2D eigenvalue weighted by molar-refractivity contribution is 5.82. The molecule has 0 radical (unpaired) electrons. The zero-order chi connectivity index (χ0) is 14.0. The van der Waals surface area contributed by atoms with Crippen LogP contribution in [-0.4, -0.2) is 29.8 Å². The molecule has 2 heteroatoms. The molecule has 2 saturated carbocycles. The molecule has 0 saturated heterocycles. The molecule has 110 valence electrons. The summed E-state index contributed by atoms with van der Waals surface area (Å²) in [5.41, 5.74) is 0.367. The number of rotatable bonds is 6.